The van der Waals surface area contributed by atoms with Crippen LogP contribution >= 0.6 is 0 Å². The molecule has 0 amide bonds. The third kappa shape index (κ3) is 3.52. The van der Waals surface area contributed by atoms with Gasteiger partial charge in [0.25, 0.3) is 0 Å². The Morgan fingerprint density at radius 3 is 2.06 bits per heavy atom. The second kappa shape index (κ2) is 5.89. The summed E-state index contributed by atoms with van der Waals surface area (Å²) in [6.07, 6.45) is -0.313. The number of hydrogen-bond acceptors (Lipinski definition) is 3. The number of rotatable bonds is 5. The second-order valence-corrected chi connectivity index (χ2v) is 3.49. The quantitative estimate of drug-likeness (QED) is 0.780. The fourth-order valence-corrected chi connectivity index (χ4v) is 1.54. The number of benzene rings is 1. The van der Waals surface area contributed by atoms with Crippen molar-refractivity contribution in [3.8, 4) is 0 Å². The van der Waals surface area contributed by atoms with Gasteiger partial charge in [0.05, 0.1) is 6.04 Å². The highest BCUT2D eigenvalue weighted by Crippen LogP contribution is 2.11. The first-order chi connectivity index (χ1) is 7.56. The lowest BCUT2D eigenvalue weighted by atomic mass is 10.1. The van der Waals surface area contributed by atoms with Crippen LogP contribution in [0.1, 0.15) is 5.56 Å². The molecule has 1 aromatic rings. The van der Waals surface area contributed by atoms with E-state index in [1.807, 2.05) is 0 Å². The van der Waals surface area contributed by atoms with Crippen LogP contribution in [0.25, 0.3) is 0 Å². The first-order valence-electron chi connectivity index (χ1n) is 4.83. The van der Waals surface area contributed by atoms with Crippen LogP contribution < -0.4 is 5.73 Å². The van der Waals surface area contributed by atoms with Crippen molar-refractivity contribution in [1.29, 1.82) is 0 Å². The number of ether oxygens (including phenoxy) is 2. The van der Waals surface area contributed by atoms with Gasteiger partial charge in [0.2, 0.25) is 0 Å². The molecule has 1 atom stereocenters. The van der Waals surface area contributed by atoms with E-state index in [1.165, 1.54) is 26.4 Å². The molecular formula is C11H15F2NO2. The first kappa shape index (κ1) is 13.0. The lowest BCUT2D eigenvalue weighted by molar-refractivity contribution is -0.115. The molecule has 0 saturated heterocycles. The van der Waals surface area contributed by atoms with E-state index < -0.39 is 24.0 Å². The Morgan fingerprint density at radius 2 is 1.62 bits per heavy atom. The van der Waals surface area contributed by atoms with E-state index in [0.717, 1.165) is 6.07 Å². The molecule has 0 bridgehead atoms. The van der Waals surface area contributed by atoms with Crippen molar-refractivity contribution >= 4 is 0 Å². The molecule has 1 unspecified atom stereocenters. The lowest BCUT2D eigenvalue weighted by Crippen LogP contribution is -2.39. The molecule has 0 aromatic heterocycles. The Hall–Kier alpha value is -1.04. The Labute approximate surface area is 93.2 Å². The molecule has 0 spiro atoms. The van der Waals surface area contributed by atoms with E-state index in [-0.39, 0.29) is 6.42 Å². The molecule has 0 radical (unpaired) electrons. The summed E-state index contributed by atoms with van der Waals surface area (Å²) < 4.78 is 35.7. The summed E-state index contributed by atoms with van der Waals surface area (Å²) in [4.78, 5) is 0. The zero-order chi connectivity index (χ0) is 12.1. The van der Waals surface area contributed by atoms with Crippen LogP contribution in [-0.2, 0) is 15.9 Å². The highest BCUT2D eigenvalue weighted by molar-refractivity contribution is 5.19. The molecule has 2 N–H and O–H groups in total. The van der Waals surface area contributed by atoms with Crippen molar-refractivity contribution in [1.82, 2.24) is 0 Å². The topological polar surface area (TPSA) is 44.5 Å². The van der Waals surface area contributed by atoms with Gasteiger partial charge in [-0.05, 0) is 24.1 Å². The molecule has 0 aliphatic heterocycles. The smallest absolute Gasteiger partial charge is 0.172 e. The van der Waals surface area contributed by atoms with Crippen molar-refractivity contribution in [3.05, 3.63) is 35.4 Å². The minimum atomic E-state index is -0.617. The standard InChI is InChI=1S/C11H15F2NO2/c1-15-11(16-2)10(14)5-7-3-8(12)6-9(13)4-7/h3-4,6,10-11H,5,14H2,1-2H3. The summed E-state index contributed by atoms with van der Waals surface area (Å²) in [5, 5.41) is 0. The van der Waals surface area contributed by atoms with E-state index in [4.69, 9.17) is 15.2 Å². The predicted octanol–water partition coefficient (Wildman–Crippen LogP) is 1.45. The SMILES string of the molecule is COC(OC)C(N)Cc1cc(F)cc(F)c1. The third-order valence-corrected chi connectivity index (χ3v) is 2.21. The van der Waals surface area contributed by atoms with Crippen LogP contribution in [-0.4, -0.2) is 26.6 Å². The highest BCUT2D eigenvalue weighted by atomic mass is 19.1. The van der Waals surface area contributed by atoms with Crippen LogP contribution in [0, 0.1) is 11.6 Å². The third-order valence-electron chi connectivity index (χ3n) is 2.21. The predicted molar refractivity (Wildman–Crippen MR) is 55.8 cm³/mol. The molecular weight excluding hydrogens is 216 g/mol. The Balaban J connectivity index is 2.72. The summed E-state index contributed by atoms with van der Waals surface area (Å²) in [7, 11) is 2.92. The fraction of sp³-hybridized carbons (Fsp3) is 0.455. The van der Waals surface area contributed by atoms with Crippen LogP contribution in [0.15, 0.2) is 18.2 Å². The van der Waals surface area contributed by atoms with Gasteiger partial charge in [-0.3, -0.25) is 0 Å². The molecule has 0 aliphatic carbocycles. The van der Waals surface area contributed by atoms with Crippen molar-refractivity contribution in [2.75, 3.05) is 14.2 Å². The molecule has 0 aliphatic rings. The number of methoxy groups -OCH3 is 2. The van der Waals surface area contributed by atoms with Crippen molar-refractivity contribution in [2.45, 2.75) is 18.8 Å². The number of nitrogens with two attached hydrogens (primary N) is 1. The van der Waals surface area contributed by atoms with Gasteiger partial charge in [0, 0.05) is 20.3 Å². The first-order valence-corrected chi connectivity index (χ1v) is 4.83. The van der Waals surface area contributed by atoms with Crippen molar-refractivity contribution in [3.63, 3.8) is 0 Å². The normalized spacial score (nSPS) is 13.1. The zero-order valence-corrected chi connectivity index (χ0v) is 9.24. The summed E-state index contributed by atoms with van der Waals surface area (Å²) in [5.74, 6) is -1.23. The van der Waals surface area contributed by atoms with Crippen LogP contribution in [0.3, 0.4) is 0 Å². The molecule has 5 heteroatoms. The minimum absolute atomic E-state index is 0.279. The summed E-state index contributed by atoms with van der Waals surface area (Å²) in [6, 6.07) is 2.83. The van der Waals surface area contributed by atoms with Gasteiger partial charge in [-0.25, -0.2) is 8.78 Å². The maximum atomic E-state index is 12.9. The van der Waals surface area contributed by atoms with Gasteiger partial charge in [-0.15, -0.1) is 0 Å². The molecule has 1 aromatic carbocycles. The van der Waals surface area contributed by atoms with Gasteiger partial charge >= 0.3 is 0 Å². The average molecular weight is 231 g/mol. The molecule has 1 rings (SSSR count). The number of halogens is 2. The maximum absolute atomic E-state index is 12.9. The van der Waals surface area contributed by atoms with Crippen molar-refractivity contribution < 1.29 is 18.3 Å². The Morgan fingerprint density at radius 1 is 1.12 bits per heavy atom. The summed E-state index contributed by atoms with van der Waals surface area (Å²) in [6.45, 7) is 0. The van der Waals surface area contributed by atoms with E-state index in [2.05, 4.69) is 0 Å². The van der Waals surface area contributed by atoms with Gasteiger partial charge in [-0.1, -0.05) is 0 Å². The molecule has 16 heavy (non-hydrogen) atoms. The maximum Gasteiger partial charge on any atom is 0.172 e. The van der Waals surface area contributed by atoms with E-state index in [1.54, 1.807) is 0 Å². The molecule has 0 heterocycles. The van der Waals surface area contributed by atoms with Crippen LogP contribution in [0.2, 0.25) is 0 Å². The van der Waals surface area contributed by atoms with Gasteiger partial charge in [-0.2, -0.15) is 0 Å². The van der Waals surface area contributed by atoms with E-state index in [0.29, 0.717) is 5.56 Å². The largest absolute Gasteiger partial charge is 0.354 e. The average Bonchev–Trinajstić information content (AvgIpc) is 2.17. The minimum Gasteiger partial charge on any atom is -0.354 e. The van der Waals surface area contributed by atoms with E-state index >= 15 is 0 Å². The molecule has 0 saturated carbocycles. The monoisotopic (exact) mass is 231 g/mol. The Kier molecular flexibility index (Phi) is 4.79. The summed E-state index contributed by atoms with van der Waals surface area (Å²) in [5.41, 5.74) is 6.25. The second-order valence-electron chi connectivity index (χ2n) is 3.49. The fourth-order valence-electron chi connectivity index (χ4n) is 1.54. The molecule has 90 valence electrons. The number of hydrogen-bond donors (Lipinski definition) is 1. The van der Waals surface area contributed by atoms with E-state index in [9.17, 15) is 8.78 Å². The highest BCUT2D eigenvalue weighted by Gasteiger charge is 2.17. The zero-order valence-electron chi connectivity index (χ0n) is 9.24. The summed E-state index contributed by atoms with van der Waals surface area (Å²) >= 11 is 0. The van der Waals surface area contributed by atoms with Gasteiger partial charge < -0.3 is 15.2 Å². The van der Waals surface area contributed by atoms with Crippen LogP contribution in [0.4, 0.5) is 8.78 Å². The molecule has 0 fully saturated rings. The van der Waals surface area contributed by atoms with Gasteiger partial charge in [0.1, 0.15) is 11.6 Å². The van der Waals surface area contributed by atoms with Crippen LogP contribution in [0.5, 0.6) is 0 Å². The lowest BCUT2D eigenvalue weighted by Gasteiger charge is -2.20. The molecule has 3 nitrogen and oxygen atoms in total. The Bertz CT molecular complexity index is 323. The van der Waals surface area contributed by atoms with Gasteiger partial charge in [0.15, 0.2) is 6.29 Å². The van der Waals surface area contributed by atoms with Crippen molar-refractivity contribution in [2.24, 2.45) is 5.73 Å².